The smallest absolute Gasteiger partial charge is 0.326 e. The number of carboxylic acids is 1. The molecule has 4 N–H and O–H groups in total. The molecule has 2 heterocycles. The number of aryl methyl sites for hydroxylation is 1. The molecule has 1 spiro atoms. The summed E-state index contributed by atoms with van der Waals surface area (Å²) in [6.45, 7) is 2.33. The summed E-state index contributed by atoms with van der Waals surface area (Å²) >= 11 is 3.45. The molecule has 2 aliphatic heterocycles. The van der Waals surface area contributed by atoms with Gasteiger partial charge in [-0.2, -0.15) is 0 Å². The van der Waals surface area contributed by atoms with Crippen LogP contribution in [0.3, 0.4) is 0 Å². The predicted octanol–water partition coefficient (Wildman–Crippen LogP) is 2.55. The molecule has 1 amide bonds. The number of likely N-dealkylation sites (tertiary alicyclic amines) is 1. The minimum Gasteiger partial charge on any atom is -0.480 e. The van der Waals surface area contributed by atoms with Crippen LogP contribution in [0.1, 0.15) is 44.6 Å². The van der Waals surface area contributed by atoms with E-state index in [-0.39, 0.29) is 28.6 Å². The number of hydrogen-bond acceptors (Lipinski definition) is 11. The van der Waals surface area contributed by atoms with Crippen LogP contribution < -0.4 is 5.32 Å². The lowest BCUT2D eigenvalue weighted by atomic mass is 10.0. The van der Waals surface area contributed by atoms with Crippen molar-refractivity contribution in [2.75, 3.05) is 31.3 Å². The van der Waals surface area contributed by atoms with Crippen LogP contribution >= 0.6 is 23.5 Å². The maximum Gasteiger partial charge on any atom is 0.326 e. The van der Waals surface area contributed by atoms with Crippen molar-refractivity contribution in [3.05, 3.63) is 35.9 Å². The number of carboxylic acid groups (broad SMARTS) is 1. The number of nitrogens with zero attached hydrogens (tertiary/aromatic N) is 2. The third-order valence-corrected chi connectivity index (χ3v) is 10.0. The molecule has 3 atom stereocenters. The number of hydrogen-bond donors (Lipinski definition) is 4. The summed E-state index contributed by atoms with van der Waals surface area (Å²) in [4.78, 5) is 44.3. The Morgan fingerprint density at radius 1 is 1.13 bits per heavy atom. The Kier molecular flexibility index (Phi) is 12.2. The molecule has 3 rings (SSSR count). The van der Waals surface area contributed by atoms with Crippen LogP contribution in [0.2, 0.25) is 0 Å². The van der Waals surface area contributed by atoms with Gasteiger partial charge in [0.05, 0.1) is 28.7 Å². The third-order valence-electron chi connectivity index (χ3n) is 6.58. The fourth-order valence-corrected chi connectivity index (χ4v) is 7.90. The van der Waals surface area contributed by atoms with Gasteiger partial charge >= 0.3 is 11.9 Å². The molecule has 0 aliphatic carbocycles. The van der Waals surface area contributed by atoms with Crippen LogP contribution in [0.5, 0.6) is 0 Å². The summed E-state index contributed by atoms with van der Waals surface area (Å²) in [5, 5.41) is 29.6. The molecule has 13 heteroatoms. The van der Waals surface area contributed by atoms with E-state index in [2.05, 4.69) is 10.2 Å². The predicted molar refractivity (Wildman–Crippen MR) is 143 cm³/mol. The molecule has 1 aromatic carbocycles. The largest absolute Gasteiger partial charge is 0.480 e. The van der Waals surface area contributed by atoms with Crippen molar-refractivity contribution >= 4 is 41.4 Å². The second-order valence-corrected chi connectivity index (χ2v) is 12.6. The van der Waals surface area contributed by atoms with Gasteiger partial charge in [0.2, 0.25) is 5.91 Å². The number of rotatable bonds is 15. The van der Waals surface area contributed by atoms with Crippen molar-refractivity contribution in [2.24, 2.45) is 0 Å². The summed E-state index contributed by atoms with van der Waals surface area (Å²) in [5.74, 6) is 0.0695. The molecule has 3 unspecified atom stereocenters. The third kappa shape index (κ3) is 9.11. The summed E-state index contributed by atoms with van der Waals surface area (Å²) < 4.78 is 5.21. The van der Waals surface area contributed by atoms with Crippen molar-refractivity contribution in [3.8, 4) is 0 Å². The van der Waals surface area contributed by atoms with Crippen molar-refractivity contribution in [1.82, 2.24) is 15.6 Å². The topological polar surface area (TPSA) is 149 Å². The van der Waals surface area contributed by atoms with Gasteiger partial charge in [0.1, 0.15) is 12.1 Å². The molecule has 0 radical (unpaired) electrons. The minimum absolute atomic E-state index is 0.119. The van der Waals surface area contributed by atoms with Crippen LogP contribution in [-0.4, -0.2) is 97.1 Å². The number of aliphatic carboxylic acids is 1. The van der Waals surface area contributed by atoms with Gasteiger partial charge in [0.25, 0.3) is 0 Å². The highest BCUT2D eigenvalue weighted by atomic mass is 32.2. The number of benzene rings is 1. The van der Waals surface area contributed by atoms with E-state index < -0.39 is 30.1 Å². The van der Waals surface area contributed by atoms with Gasteiger partial charge < -0.3 is 14.7 Å². The zero-order chi connectivity index (χ0) is 27.5. The van der Waals surface area contributed by atoms with E-state index in [1.54, 1.807) is 30.4 Å². The number of esters is 1. The van der Waals surface area contributed by atoms with E-state index in [9.17, 15) is 19.5 Å². The number of carbonyl (C=O) groups is 3. The van der Waals surface area contributed by atoms with Gasteiger partial charge in [-0.15, -0.1) is 23.5 Å². The average Bonchev–Trinajstić information content (AvgIpc) is 3.52. The standard InChI is InChI=1S/C25H37N3O8S2/c1-18(22(29)27-17-25(37-14-15-38-25)16-21(27)23(30)31)26-20(11-10-19-8-4-2-5-9-19)24(32)35-12-6-3-7-13-36-28(33)34/h2,4-5,8-9,18,20-21,26,33-34H,3,6-7,10-17H2,1H3,(H,30,31). The van der Waals surface area contributed by atoms with Crippen LogP contribution in [0.4, 0.5) is 0 Å². The molecule has 212 valence electrons. The molecule has 0 aromatic heterocycles. The number of nitrogens with one attached hydrogen (secondary N) is 1. The maximum atomic E-state index is 13.4. The Hall–Kier alpha value is -1.87. The maximum absolute atomic E-state index is 13.4. The fraction of sp³-hybridized carbons (Fsp3) is 0.640. The lowest BCUT2D eigenvalue weighted by molar-refractivity contribution is -0.492. The van der Waals surface area contributed by atoms with E-state index in [1.165, 1.54) is 4.90 Å². The van der Waals surface area contributed by atoms with Crippen LogP contribution in [0.15, 0.2) is 30.3 Å². The summed E-state index contributed by atoms with van der Waals surface area (Å²) in [6, 6.07) is 7.31. The first kappa shape index (κ1) is 30.7. The van der Waals surface area contributed by atoms with E-state index in [0.717, 1.165) is 17.1 Å². The molecule has 1 aromatic rings. The van der Waals surface area contributed by atoms with Crippen molar-refractivity contribution in [1.29, 1.82) is 0 Å². The highest BCUT2D eigenvalue weighted by Crippen LogP contribution is 2.51. The van der Waals surface area contributed by atoms with Gasteiger partial charge in [0, 0.05) is 24.5 Å². The van der Waals surface area contributed by atoms with E-state index in [4.69, 9.17) is 15.2 Å². The van der Waals surface area contributed by atoms with E-state index >= 15 is 0 Å². The van der Waals surface area contributed by atoms with Crippen molar-refractivity contribution < 1.29 is 39.5 Å². The Morgan fingerprint density at radius 3 is 2.47 bits per heavy atom. The monoisotopic (exact) mass is 571 g/mol. The quantitative estimate of drug-likeness (QED) is 0.139. The Bertz CT molecular complexity index is 917. The first-order valence-corrected chi connectivity index (χ1v) is 14.8. The summed E-state index contributed by atoms with van der Waals surface area (Å²) in [5.41, 5.74) is 1.05. The lowest BCUT2D eigenvalue weighted by Gasteiger charge is -2.28. The molecule has 0 bridgehead atoms. The van der Waals surface area contributed by atoms with Gasteiger partial charge in [-0.05, 0) is 44.6 Å². The molecule has 2 fully saturated rings. The Morgan fingerprint density at radius 2 is 1.82 bits per heavy atom. The zero-order valence-electron chi connectivity index (χ0n) is 21.5. The first-order valence-electron chi connectivity index (χ1n) is 12.8. The number of ether oxygens (including phenoxy) is 1. The molecule has 38 heavy (non-hydrogen) atoms. The number of amides is 1. The van der Waals surface area contributed by atoms with Crippen LogP contribution in [0, 0.1) is 0 Å². The number of unbranched alkanes of at least 4 members (excludes halogenated alkanes) is 2. The SMILES string of the molecule is CC(NC(CCc1ccccc1)C(=O)OCCCCCON(O)O)C(=O)N1CC2(CC1C(=O)O)SCCS2. The molecule has 0 saturated carbocycles. The molecule has 2 aliphatic rings. The molecular formula is C25H37N3O8S2. The fourth-order valence-electron chi connectivity index (χ4n) is 4.64. The highest BCUT2D eigenvalue weighted by molar-refractivity contribution is 8.21. The number of carbonyl (C=O) groups excluding carboxylic acids is 2. The van der Waals surface area contributed by atoms with Gasteiger partial charge in [0.15, 0.2) is 0 Å². The minimum atomic E-state index is -1.01. The Labute approximate surface area is 231 Å². The van der Waals surface area contributed by atoms with Crippen molar-refractivity contribution in [2.45, 2.75) is 67.7 Å². The van der Waals surface area contributed by atoms with Gasteiger partial charge in [-0.3, -0.25) is 30.2 Å². The van der Waals surface area contributed by atoms with Gasteiger partial charge in [-0.25, -0.2) is 4.79 Å². The van der Waals surface area contributed by atoms with Crippen molar-refractivity contribution in [3.63, 3.8) is 0 Å². The molecule has 2 saturated heterocycles. The first-order chi connectivity index (χ1) is 18.2. The zero-order valence-corrected chi connectivity index (χ0v) is 23.1. The summed E-state index contributed by atoms with van der Waals surface area (Å²) in [6.07, 6.45) is 3.20. The van der Waals surface area contributed by atoms with Gasteiger partial charge in [-0.1, -0.05) is 30.3 Å². The second-order valence-electron chi connectivity index (χ2n) is 9.41. The normalized spacial score (nSPS) is 20.1. The average molecular weight is 572 g/mol. The Balaban J connectivity index is 1.58. The van der Waals surface area contributed by atoms with Crippen LogP contribution in [-0.2, 0) is 30.4 Å². The second kappa shape index (κ2) is 15.1. The molecule has 11 nitrogen and oxygen atoms in total. The molecular weight excluding hydrogens is 534 g/mol. The van der Waals surface area contributed by atoms with Crippen LogP contribution in [0.25, 0.3) is 0 Å². The highest BCUT2D eigenvalue weighted by Gasteiger charge is 2.52. The lowest BCUT2D eigenvalue weighted by Crippen LogP contribution is -2.53. The van der Waals surface area contributed by atoms with E-state index in [0.29, 0.717) is 45.1 Å². The van der Waals surface area contributed by atoms with E-state index in [1.807, 2.05) is 30.3 Å². The summed E-state index contributed by atoms with van der Waals surface area (Å²) in [7, 11) is 0. The number of thioether (sulfide) groups is 2.